The SMILES string of the molecule is CC(C)(C)OCc1ccc(CN2CCC3(CC2)OCc2cc(F)ncc23)cc1. The molecule has 4 nitrogen and oxygen atoms in total. The Balaban J connectivity index is 1.33. The lowest BCUT2D eigenvalue weighted by molar-refractivity contribution is -0.0800. The molecule has 3 heterocycles. The Morgan fingerprint density at radius 3 is 2.50 bits per heavy atom. The number of piperidine rings is 1. The second-order valence-corrected chi connectivity index (χ2v) is 8.94. The van der Waals surface area contributed by atoms with Crippen molar-refractivity contribution < 1.29 is 13.9 Å². The molecular formula is C23H29FN2O2. The van der Waals surface area contributed by atoms with E-state index in [0.717, 1.165) is 43.6 Å². The van der Waals surface area contributed by atoms with Gasteiger partial charge < -0.3 is 9.47 Å². The number of nitrogens with zero attached hydrogens (tertiary/aromatic N) is 2. The van der Waals surface area contributed by atoms with E-state index >= 15 is 0 Å². The molecule has 28 heavy (non-hydrogen) atoms. The van der Waals surface area contributed by atoms with Gasteiger partial charge in [-0.1, -0.05) is 24.3 Å². The van der Waals surface area contributed by atoms with Crippen molar-refractivity contribution in [2.45, 2.75) is 64.6 Å². The highest BCUT2D eigenvalue weighted by Gasteiger charge is 2.43. The van der Waals surface area contributed by atoms with Crippen molar-refractivity contribution in [1.29, 1.82) is 0 Å². The first-order chi connectivity index (χ1) is 13.3. The van der Waals surface area contributed by atoms with Crippen molar-refractivity contribution in [3.8, 4) is 0 Å². The molecule has 0 aliphatic carbocycles. The fourth-order valence-corrected chi connectivity index (χ4v) is 4.08. The molecule has 0 atom stereocenters. The fourth-order valence-electron chi connectivity index (χ4n) is 4.08. The maximum Gasteiger partial charge on any atom is 0.213 e. The number of hydrogen-bond acceptors (Lipinski definition) is 4. The van der Waals surface area contributed by atoms with Gasteiger partial charge in [0.05, 0.1) is 24.4 Å². The molecule has 0 saturated carbocycles. The molecule has 1 aromatic carbocycles. The lowest BCUT2D eigenvalue weighted by atomic mass is 9.84. The third-order valence-electron chi connectivity index (χ3n) is 5.72. The number of likely N-dealkylation sites (tertiary alicyclic amines) is 1. The third-order valence-corrected chi connectivity index (χ3v) is 5.72. The largest absolute Gasteiger partial charge is 0.371 e. The molecule has 2 aliphatic rings. The summed E-state index contributed by atoms with van der Waals surface area (Å²) in [5.41, 5.74) is 4.15. The molecule has 0 radical (unpaired) electrons. The van der Waals surface area contributed by atoms with Crippen LogP contribution in [0.2, 0.25) is 0 Å². The highest BCUT2D eigenvalue weighted by atomic mass is 19.1. The first kappa shape index (κ1) is 19.5. The van der Waals surface area contributed by atoms with Crippen LogP contribution in [-0.4, -0.2) is 28.6 Å². The Morgan fingerprint density at radius 2 is 1.82 bits per heavy atom. The number of fused-ring (bicyclic) bond motifs is 2. The number of pyridine rings is 1. The Bertz CT molecular complexity index is 821. The Labute approximate surface area is 166 Å². The van der Waals surface area contributed by atoms with Crippen molar-refractivity contribution in [1.82, 2.24) is 9.88 Å². The minimum Gasteiger partial charge on any atom is -0.371 e. The summed E-state index contributed by atoms with van der Waals surface area (Å²) < 4.78 is 25.3. The molecular weight excluding hydrogens is 355 g/mol. The van der Waals surface area contributed by atoms with E-state index in [9.17, 15) is 4.39 Å². The lowest BCUT2D eigenvalue weighted by Crippen LogP contribution is -2.42. The van der Waals surface area contributed by atoms with Crippen molar-refractivity contribution in [3.05, 3.63) is 64.7 Å². The smallest absolute Gasteiger partial charge is 0.213 e. The van der Waals surface area contributed by atoms with E-state index in [0.29, 0.717) is 13.2 Å². The van der Waals surface area contributed by atoms with Gasteiger partial charge in [0.2, 0.25) is 5.95 Å². The molecule has 2 aromatic rings. The topological polar surface area (TPSA) is 34.6 Å². The van der Waals surface area contributed by atoms with Gasteiger partial charge in [-0.15, -0.1) is 0 Å². The lowest BCUT2D eigenvalue weighted by Gasteiger charge is -2.39. The van der Waals surface area contributed by atoms with Gasteiger partial charge in [-0.3, -0.25) is 4.90 Å². The average Bonchev–Trinajstić information content (AvgIpc) is 3.00. The van der Waals surface area contributed by atoms with Crippen LogP contribution in [0, 0.1) is 5.95 Å². The molecule has 150 valence electrons. The predicted octanol–water partition coefficient (Wildman–Crippen LogP) is 4.56. The second kappa shape index (κ2) is 7.54. The first-order valence-electron chi connectivity index (χ1n) is 10.1. The van der Waals surface area contributed by atoms with Crippen LogP contribution in [0.1, 0.15) is 55.9 Å². The molecule has 0 N–H and O–H groups in total. The van der Waals surface area contributed by atoms with Gasteiger partial charge >= 0.3 is 0 Å². The summed E-state index contributed by atoms with van der Waals surface area (Å²) in [6.45, 7) is 10.2. The summed E-state index contributed by atoms with van der Waals surface area (Å²) in [5.74, 6) is -0.423. The molecule has 0 amide bonds. The maximum atomic E-state index is 13.4. The second-order valence-electron chi connectivity index (χ2n) is 8.94. The van der Waals surface area contributed by atoms with E-state index in [1.807, 2.05) is 0 Å². The van der Waals surface area contributed by atoms with Crippen molar-refractivity contribution in [2.24, 2.45) is 0 Å². The molecule has 5 heteroatoms. The minimum absolute atomic E-state index is 0.120. The van der Waals surface area contributed by atoms with E-state index in [-0.39, 0.29) is 11.2 Å². The van der Waals surface area contributed by atoms with Gasteiger partial charge in [0, 0.05) is 31.4 Å². The number of aromatic nitrogens is 1. The highest BCUT2D eigenvalue weighted by molar-refractivity contribution is 5.33. The van der Waals surface area contributed by atoms with E-state index in [1.165, 1.54) is 17.2 Å². The zero-order valence-electron chi connectivity index (χ0n) is 17.0. The van der Waals surface area contributed by atoms with E-state index < -0.39 is 5.95 Å². The van der Waals surface area contributed by atoms with Crippen molar-refractivity contribution in [3.63, 3.8) is 0 Å². The van der Waals surface area contributed by atoms with Crippen LogP contribution in [0.25, 0.3) is 0 Å². The Morgan fingerprint density at radius 1 is 1.14 bits per heavy atom. The molecule has 0 bridgehead atoms. The van der Waals surface area contributed by atoms with Crippen LogP contribution in [-0.2, 0) is 34.8 Å². The third kappa shape index (κ3) is 4.27. The molecule has 1 spiro atoms. The van der Waals surface area contributed by atoms with Crippen LogP contribution in [0.4, 0.5) is 4.39 Å². The van der Waals surface area contributed by atoms with Crippen molar-refractivity contribution >= 4 is 0 Å². The standard InChI is InChI=1S/C23H29FN2O2/c1-22(2,3)27-15-18-6-4-17(5-7-18)14-26-10-8-23(9-11-26)20-13-25-21(24)12-19(20)16-28-23/h4-7,12-13H,8-11,14-16H2,1-3H3. The van der Waals surface area contributed by atoms with Gasteiger partial charge in [0.1, 0.15) is 0 Å². The van der Waals surface area contributed by atoms with Crippen LogP contribution in [0.5, 0.6) is 0 Å². The van der Waals surface area contributed by atoms with Crippen LogP contribution in [0.15, 0.2) is 36.5 Å². The van der Waals surface area contributed by atoms with E-state index in [4.69, 9.17) is 9.47 Å². The molecule has 0 unspecified atom stereocenters. The summed E-state index contributed by atoms with van der Waals surface area (Å²) in [4.78, 5) is 6.32. The monoisotopic (exact) mass is 384 g/mol. The molecule has 4 rings (SSSR count). The van der Waals surface area contributed by atoms with Crippen LogP contribution < -0.4 is 0 Å². The fraction of sp³-hybridized carbons (Fsp3) is 0.522. The summed E-state index contributed by atoms with van der Waals surface area (Å²) in [6, 6.07) is 10.2. The predicted molar refractivity (Wildman–Crippen MR) is 106 cm³/mol. The summed E-state index contributed by atoms with van der Waals surface area (Å²) in [7, 11) is 0. The number of halogens is 1. The molecule has 1 aromatic heterocycles. The zero-order chi connectivity index (χ0) is 19.8. The Hall–Kier alpha value is -1.82. The Kier molecular flexibility index (Phi) is 5.25. The van der Waals surface area contributed by atoms with Gasteiger partial charge in [-0.05, 0) is 56.4 Å². The average molecular weight is 384 g/mol. The highest BCUT2D eigenvalue weighted by Crippen LogP contribution is 2.44. The molecule has 2 aliphatic heterocycles. The van der Waals surface area contributed by atoms with E-state index in [1.54, 1.807) is 6.20 Å². The van der Waals surface area contributed by atoms with Gasteiger partial charge in [0.15, 0.2) is 0 Å². The maximum absolute atomic E-state index is 13.4. The van der Waals surface area contributed by atoms with Crippen LogP contribution >= 0.6 is 0 Å². The van der Waals surface area contributed by atoms with Crippen molar-refractivity contribution in [2.75, 3.05) is 13.1 Å². The molecule has 1 saturated heterocycles. The number of benzene rings is 1. The number of hydrogen-bond donors (Lipinski definition) is 0. The summed E-state index contributed by atoms with van der Waals surface area (Å²) >= 11 is 0. The first-order valence-corrected chi connectivity index (χ1v) is 10.1. The number of rotatable bonds is 4. The summed E-state index contributed by atoms with van der Waals surface area (Å²) in [5, 5.41) is 0. The van der Waals surface area contributed by atoms with Crippen LogP contribution in [0.3, 0.4) is 0 Å². The van der Waals surface area contributed by atoms with Gasteiger partial charge in [-0.25, -0.2) is 4.98 Å². The van der Waals surface area contributed by atoms with Gasteiger partial charge in [-0.2, -0.15) is 4.39 Å². The quantitative estimate of drug-likeness (QED) is 0.724. The number of ether oxygens (including phenoxy) is 2. The normalized spacial score (nSPS) is 19.1. The van der Waals surface area contributed by atoms with E-state index in [2.05, 4.69) is 54.9 Å². The van der Waals surface area contributed by atoms with Gasteiger partial charge in [0.25, 0.3) is 0 Å². The summed E-state index contributed by atoms with van der Waals surface area (Å²) in [6.07, 6.45) is 3.52. The molecule has 1 fully saturated rings. The zero-order valence-corrected chi connectivity index (χ0v) is 17.0. The minimum atomic E-state index is -0.423.